The van der Waals surface area contributed by atoms with Crippen LogP contribution in [-0.4, -0.2) is 0 Å². The number of benzene rings is 1. The second-order valence-electron chi connectivity index (χ2n) is 3.17. The predicted octanol–water partition coefficient (Wildman–Crippen LogP) is 5.02. The van der Waals surface area contributed by atoms with Crippen LogP contribution in [0.4, 0.5) is 10.1 Å². The molecule has 0 saturated carbocycles. The van der Waals surface area contributed by atoms with E-state index in [9.17, 15) is 4.39 Å². The van der Waals surface area contributed by atoms with Crippen molar-refractivity contribution in [1.29, 1.82) is 0 Å². The monoisotopic (exact) mass is 363 g/mol. The van der Waals surface area contributed by atoms with Crippen LogP contribution in [0.2, 0.25) is 0 Å². The summed E-state index contributed by atoms with van der Waals surface area (Å²) in [6, 6.07) is 6.91. The second kappa shape index (κ2) is 5.29. The summed E-state index contributed by atoms with van der Waals surface area (Å²) in [6.45, 7) is 0.732. The summed E-state index contributed by atoms with van der Waals surface area (Å²) >= 11 is 8.31. The van der Waals surface area contributed by atoms with Gasteiger partial charge in [-0.15, -0.1) is 11.3 Å². The Morgan fingerprint density at radius 2 is 2.00 bits per heavy atom. The van der Waals surface area contributed by atoms with Gasteiger partial charge in [0.15, 0.2) is 0 Å². The molecule has 84 valence electrons. The smallest absolute Gasteiger partial charge is 0.137 e. The van der Waals surface area contributed by atoms with Crippen LogP contribution >= 0.6 is 43.2 Å². The molecule has 0 radical (unpaired) electrons. The van der Waals surface area contributed by atoms with Gasteiger partial charge in [0.25, 0.3) is 0 Å². The fourth-order valence-corrected chi connectivity index (χ4v) is 3.05. The minimum Gasteiger partial charge on any atom is -0.380 e. The highest BCUT2D eigenvalue weighted by molar-refractivity contribution is 9.10. The summed E-state index contributed by atoms with van der Waals surface area (Å²) in [5.41, 5.74) is 0.897. The lowest BCUT2D eigenvalue weighted by Crippen LogP contribution is -1.98. The summed E-state index contributed by atoms with van der Waals surface area (Å²) < 4.78 is 14.6. The van der Waals surface area contributed by atoms with Crippen molar-refractivity contribution in [2.75, 3.05) is 5.32 Å². The van der Waals surface area contributed by atoms with Crippen LogP contribution in [-0.2, 0) is 6.54 Å². The van der Waals surface area contributed by atoms with Gasteiger partial charge in [0, 0.05) is 15.0 Å². The first-order valence-corrected chi connectivity index (χ1v) is 7.04. The molecule has 1 heterocycles. The first-order valence-electron chi connectivity index (χ1n) is 4.57. The second-order valence-corrected chi connectivity index (χ2v) is 5.88. The van der Waals surface area contributed by atoms with Crippen molar-refractivity contribution in [2.24, 2.45) is 0 Å². The lowest BCUT2D eigenvalue weighted by Gasteiger charge is -2.06. The first kappa shape index (κ1) is 12.1. The lowest BCUT2D eigenvalue weighted by atomic mass is 10.3. The van der Waals surface area contributed by atoms with Gasteiger partial charge in [0.05, 0.1) is 11.0 Å². The summed E-state index contributed by atoms with van der Waals surface area (Å²) in [7, 11) is 0. The van der Waals surface area contributed by atoms with E-state index in [0.29, 0.717) is 4.47 Å². The quantitative estimate of drug-likeness (QED) is 0.805. The van der Waals surface area contributed by atoms with Gasteiger partial charge in [-0.05, 0) is 61.5 Å². The number of rotatable bonds is 3. The SMILES string of the molecule is Fc1ccc(NCc2sccc2Br)cc1Br. The molecule has 0 amide bonds. The van der Waals surface area contributed by atoms with E-state index in [1.807, 2.05) is 11.4 Å². The molecule has 0 aliphatic carbocycles. The van der Waals surface area contributed by atoms with Crippen LogP contribution in [0.1, 0.15) is 4.88 Å². The van der Waals surface area contributed by atoms with Crippen molar-refractivity contribution in [3.05, 3.63) is 49.3 Å². The predicted molar refractivity (Wildman–Crippen MR) is 73.4 cm³/mol. The van der Waals surface area contributed by atoms with Gasteiger partial charge in [-0.2, -0.15) is 0 Å². The normalized spacial score (nSPS) is 10.4. The fraction of sp³-hybridized carbons (Fsp3) is 0.0909. The highest BCUT2D eigenvalue weighted by Gasteiger charge is 2.03. The summed E-state index contributed by atoms with van der Waals surface area (Å²) in [6.07, 6.45) is 0. The van der Waals surface area contributed by atoms with E-state index in [2.05, 4.69) is 37.2 Å². The van der Waals surface area contributed by atoms with Gasteiger partial charge in [0.1, 0.15) is 5.82 Å². The summed E-state index contributed by atoms with van der Waals surface area (Å²) in [5.74, 6) is -0.247. The molecule has 0 aliphatic rings. The Morgan fingerprint density at radius 3 is 2.62 bits per heavy atom. The maximum atomic E-state index is 13.0. The molecule has 16 heavy (non-hydrogen) atoms. The Balaban J connectivity index is 2.05. The Morgan fingerprint density at radius 1 is 1.19 bits per heavy atom. The Bertz CT molecular complexity index is 498. The van der Waals surface area contributed by atoms with Crippen LogP contribution in [0.5, 0.6) is 0 Å². The average molecular weight is 365 g/mol. The molecule has 1 aromatic carbocycles. The van der Waals surface area contributed by atoms with Crippen LogP contribution in [0.25, 0.3) is 0 Å². The maximum Gasteiger partial charge on any atom is 0.137 e. The molecule has 1 nitrogen and oxygen atoms in total. The average Bonchev–Trinajstić information content (AvgIpc) is 2.66. The number of hydrogen-bond acceptors (Lipinski definition) is 2. The molecule has 0 unspecified atom stereocenters. The third-order valence-electron chi connectivity index (χ3n) is 2.06. The topological polar surface area (TPSA) is 12.0 Å². The number of hydrogen-bond donors (Lipinski definition) is 1. The molecule has 0 atom stereocenters. The van der Waals surface area contributed by atoms with Gasteiger partial charge in [-0.1, -0.05) is 0 Å². The Kier molecular flexibility index (Phi) is 4.00. The van der Waals surface area contributed by atoms with Crippen LogP contribution in [0.15, 0.2) is 38.6 Å². The molecule has 0 spiro atoms. The van der Waals surface area contributed by atoms with Gasteiger partial charge < -0.3 is 5.32 Å². The van der Waals surface area contributed by atoms with Crippen LogP contribution in [0, 0.1) is 5.82 Å². The van der Waals surface area contributed by atoms with Crippen molar-refractivity contribution < 1.29 is 4.39 Å². The lowest BCUT2D eigenvalue weighted by molar-refractivity contribution is 0.621. The highest BCUT2D eigenvalue weighted by atomic mass is 79.9. The van der Waals surface area contributed by atoms with Crippen molar-refractivity contribution >= 4 is 48.9 Å². The molecule has 2 rings (SSSR count). The van der Waals surface area contributed by atoms with Crippen molar-refractivity contribution in [3.63, 3.8) is 0 Å². The van der Waals surface area contributed by atoms with E-state index in [1.165, 1.54) is 10.9 Å². The highest BCUT2D eigenvalue weighted by Crippen LogP contribution is 2.25. The molecule has 1 aromatic heterocycles. The molecular formula is C11H8Br2FNS. The molecule has 2 aromatic rings. The van der Waals surface area contributed by atoms with E-state index >= 15 is 0 Å². The third kappa shape index (κ3) is 2.84. The molecule has 0 fully saturated rings. The van der Waals surface area contributed by atoms with E-state index < -0.39 is 0 Å². The molecular weight excluding hydrogens is 357 g/mol. The number of thiophene rings is 1. The first-order chi connectivity index (χ1) is 7.66. The minimum atomic E-state index is -0.247. The van der Waals surface area contributed by atoms with Gasteiger partial charge >= 0.3 is 0 Å². The third-order valence-corrected chi connectivity index (χ3v) is 4.60. The summed E-state index contributed by atoms with van der Waals surface area (Å²) in [5, 5.41) is 5.27. The molecule has 0 aliphatic heterocycles. The molecule has 1 N–H and O–H groups in total. The van der Waals surface area contributed by atoms with Gasteiger partial charge in [-0.3, -0.25) is 0 Å². The zero-order valence-corrected chi connectivity index (χ0v) is 12.1. The molecule has 0 bridgehead atoms. The zero-order chi connectivity index (χ0) is 11.5. The number of anilines is 1. The number of halogens is 3. The summed E-state index contributed by atoms with van der Waals surface area (Å²) in [4.78, 5) is 1.22. The van der Waals surface area contributed by atoms with E-state index in [4.69, 9.17) is 0 Å². The minimum absolute atomic E-state index is 0.247. The van der Waals surface area contributed by atoms with E-state index in [-0.39, 0.29) is 5.82 Å². The number of nitrogens with one attached hydrogen (secondary N) is 1. The van der Waals surface area contributed by atoms with Gasteiger partial charge in [0.2, 0.25) is 0 Å². The molecule has 0 saturated heterocycles. The van der Waals surface area contributed by atoms with Crippen molar-refractivity contribution in [2.45, 2.75) is 6.54 Å². The van der Waals surface area contributed by atoms with Crippen molar-refractivity contribution in [3.8, 4) is 0 Å². The van der Waals surface area contributed by atoms with Crippen molar-refractivity contribution in [1.82, 2.24) is 0 Å². The van der Waals surface area contributed by atoms with E-state index in [0.717, 1.165) is 16.7 Å². The maximum absolute atomic E-state index is 13.0. The Hall–Kier alpha value is -0.390. The van der Waals surface area contributed by atoms with Crippen LogP contribution < -0.4 is 5.32 Å². The van der Waals surface area contributed by atoms with Gasteiger partial charge in [-0.25, -0.2) is 4.39 Å². The van der Waals surface area contributed by atoms with E-state index in [1.54, 1.807) is 23.5 Å². The fourth-order valence-electron chi connectivity index (χ4n) is 1.24. The molecule has 5 heteroatoms. The van der Waals surface area contributed by atoms with Crippen LogP contribution in [0.3, 0.4) is 0 Å². The standard InChI is InChI=1S/C11H8Br2FNS/c12-8-3-4-16-11(8)6-15-7-1-2-10(14)9(13)5-7/h1-5,15H,6H2. The largest absolute Gasteiger partial charge is 0.380 e. The Labute approximate surface area is 114 Å². The zero-order valence-electron chi connectivity index (χ0n) is 8.14.